The molecule has 2 atom stereocenters. The first kappa shape index (κ1) is 16.4. The third kappa shape index (κ3) is 3.45. The first-order valence-electron chi connectivity index (χ1n) is 6.76. The summed E-state index contributed by atoms with van der Waals surface area (Å²) in [5.74, 6) is -0.416. The van der Waals surface area contributed by atoms with E-state index in [0.717, 1.165) is 30.8 Å². The second kappa shape index (κ2) is 6.43. The molecular formula is C13H20N2O4S2. The van der Waals surface area contributed by atoms with Crippen LogP contribution in [0.5, 0.6) is 0 Å². The number of carbonyl (C=O) groups is 1. The number of esters is 1. The first-order chi connectivity index (χ1) is 9.86. The van der Waals surface area contributed by atoms with Crippen LogP contribution in [0.4, 0.5) is 0 Å². The van der Waals surface area contributed by atoms with E-state index in [4.69, 9.17) is 0 Å². The average Bonchev–Trinajstić information content (AvgIpc) is 2.83. The second-order valence-corrected chi connectivity index (χ2v) is 7.80. The summed E-state index contributed by atoms with van der Waals surface area (Å²) in [4.78, 5) is 11.9. The number of thiophene rings is 1. The number of methoxy groups -OCH3 is 1. The summed E-state index contributed by atoms with van der Waals surface area (Å²) in [6.07, 6.45) is 0.733. The van der Waals surface area contributed by atoms with E-state index in [9.17, 15) is 13.2 Å². The fourth-order valence-corrected chi connectivity index (χ4v) is 5.53. The van der Waals surface area contributed by atoms with Crippen molar-refractivity contribution in [2.75, 3.05) is 20.2 Å². The van der Waals surface area contributed by atoms with Crippen molar-refractivity contribution >= 4 is 27.3 Å². The number of carbonyl (C=O) groups excluding carboxylic acids is 1. The molecule has 1 saturated heterocycles. The lowest BCUT2D eigenvalue weighted by atomic mass is 9.97. The third-order valence-electron chi connectivity index (χ3n) is 3.65. The minimum Gasteiger partial charge on any atom is -0.465 e. The van der Waals surface area contributed by atoms with Crippen LogP contribution in [0.25, 0.3) is 0 Å². The molecule has 2 rings (SSSR count). The van der Waals surface area contributed by atoms with Gasteiger partial charge in [0.15, 0.2) is 0 Å². The predicted molar refractivity (Wildman–Crippen MR) is 81.2 cm³/mol. The normalized spacial score (nSPS) is 23.0. The number of piperidine rings is 1. The zero-order chi connectivity index (χ0) is 15.6. The number of hydrogen-bond donors (Lipinski definition) is 2. The summed E-state index contributed by atoms with van der Waals surface area (Å²) in [5.41, 5.74) is 0.564. The summed E-state index contributed by atoms with van der Waals surface area (Å²) in [6, 6.07) is -0.124. The third-order valence-corrected chi connectivity index (χ3v) is 6.53. The van der Waals surface area contributed by atoms with Crippen LogP contribution < -0.4 is 10.0 Å². The summed E-state index contributed by atoms with van der Waals surface area (Å²) in [7, 11) is -2.49. The summed E-state index contributed by atoms with van der Waals surface area (Å²) >= 11 is 1.09. The van der Waals surface area contributed by atoms with E-state index in [1.54, 1.807) is 12.3 Å². The number of rotatable bonds is 4. The van der Waals surface area contributed by atoms with Gasteiger partial charge in [-0.05, 0) is 43.3 Å². The monoisotopic (exact) mass is 332 g/mol. The van der Waals surface area contributed by atoms with Gasteiger partial charge in [-0.1, -0.05) is 6.92 Å². The standard InChI is InChI=1S/C13H20N2O4S2/c1-8-6-14-5-4-10(8)15-21(17,18)12-9(2)7-20-11(12)13(16)19-3/h7-8,10,14-15H,4-6H2,1-3H3. The van der Waals surface area contributed by atoms with Gasteiger partial charge in [0.1, 0.15) is 9.77 Å². The van der Waals surface area contributed by atoms with Crippen molar-refractivity contribution in [1.82, 2.24) is 10.0 Å². The van der Waals surface area contributed by atoms with Crippen LogP contribution in [0.15, 0.2) is 10.3 Å². The van der Waals surface area contributed by atoms with Gasteiger partial charge in [-0.25, -0.2) is 17.9 Å². The van der Waals surface area contributed by atoms with Gasteiger partial charge in [0.25, 0.3) is 0 Å². The molecular weight excluding hydrogens is 312 g/mol. The predicted octanol–water partition coefficient (Wildman–Crippen LogP) is 1.12. The largest absolute Gasteiger partial charge is 0.465 e. The molecule has 118 valence electrons. The molecule has 1 aliphatic heterocycles. The molecule has 0 amide bonds. The topological polar surface area (TPSA) is 84.5 Å². The molecule has 6 nitrogen and oxygen atoms in total. The zero-order valence-electron chi connectivity index (χ0n) is 12.3. The lowest BCUT2D eigenvalue weighted by molar-refractivity contribution is 0.0602. The van der Waals surface area contributed by atoms with Gasteiger partial charge in [0.05, 0.1) is 7.11 Å². The number of hydrogen-bond acceptors (Lipinski definition) is 6. The molecule has 0 bridgehead atoms. The smallest absolute Gasteiger partial charge is 0.349 e. The highest BCUT2D eigenvalue weighted by Crippen LogP contribution is 2.28. The Balaban J connectivity index is 2.31. The molecule has 0 aliphatic carbocycles. The molecule has 1 fully saturated rings. The Morgan fingerprint density at radius 1 is 1.52 bits per heavy atom. The Morgan fingerprint density at radius 2 is 2.24 bits per heavy atom. The zero-order valence-corrected chi connectivity index (χ0v) is 13.9. The van der Waals surface area contributed by atoms with Gasteiger partial charge < -0.3 is 10.1 Å². The Morgan fingerprint density at radius 3 is 2.86 bits per heavy atom. The molecule has 2 heterocycles. The van der Waals surface area contributed by atoms with E-state index >= 15 is 0 Å². The quantitative estimate of drug-likeness (QED) is 0.807. The van der Waals surface area contributed by atoms with Gasteiger partial charge in [-0.2, -0.15) is 0 Å². The Bertz CT molecular complexity index is 624. The van der Waals surface area contributed by atoms with Crippen molar-refractivity contribution in [1.29, 1.82) is 0 Å². The second-order valence-electron chi connectivity index (χ2n) is 5.27. The Labute approximate surface area is 128 Å². The van der Waals surface area contributed by atoms with Gasteiger partial charge >= 0.3 is 5.97 Å². The van der Waals surface area contributed by atoms with Crippen LogP contribution in [0.2, 0.25) is 0 Å². The van der Waals surface area contributed by atoms with E-state index < -0.39 is 16.0 Å². The lowest BCUT2D eigenvalue weighted by Crippen LogP contribution is -2.48. The van der Waals surface area contributed by atoms with Gasteiger partial charge in [-0.3, -0.25) is 0 Å². The molecule has 0 aromatic carbocycles. The van der Waals surface area contributed by atoms with Crippen molar-refractivity contribution in [3.05, 3.63) is 15.8 Å². The number of nitrogens with one attached hydrogen (secondary N) is 2. The molecule has 0 saturated carbocycles. The Kier molecular flexibility index (Phi) is 5.03. The molecule has 2 N–H and O–H groups in total. The number of ether oxygens (including phenoxy) is 1. The van der Waals surface area contributed by atoms with Crippen molar-refractivity contribution in [2.45, 2.75) is 31.2 Å². The van der Waals surface area contributed by atoms with Crippen LogP contribution >= 0.6 is 11.3 Å². The Hall–Kier alpha value is -0.960. The fourth-order valence-electron chi connectivity index (χ4n) is 2.45. The highest BCUT2D eigenvalue weighted by molar-refractivity contribution is 7.89. The van der Waals surface area contributed by atoms with E-state index in [1.807, 2.05) is 6.92 Å². The first-order valence-corrected chi connectivity index (χ1v) is 9.12. The average molecular weight is 332 g/mol. The van der Waals surface area contributed by atoms with Crippen molar-refractivity contribution in [3.63, 3.8) is 0 Å². The van der Waals surface area contributed by atoms with Gasteiger partial charge in [-0.15, -0.1) is 11.3 Å². The molecule has 21 heavy (non-hydrogen) atoms. The number of sulfonamides is 1. The van der Waals surface area contributed by atoms with Crippen molar-refractivity contribution < 1.29 is 17.9 Å². The van der Waals surface area contributed by atoms with Crippen LogP contribution in [-0.2, 0) is 14.8 Å². The van der Waals surface area contributed by atoms with Gasteiger partial charge in [0, 0.05) is 6.04 Å². The molecule has 1 aromatic rings. The molecule has 1 aromatic heterocycles. The minimum atomic E-state index is -3.73. The fraction of sp³-hybridized carbons (Fsp3) is 0.615. The number of aryl methyl sites for hydroxylation is 1. The van der Waals surface area contributed by atoms with Crippen LogP contribution in [0.1, 0.15) is 28.6 Å². The maximum absolute atomic E-state index is 12.6. The van der Waals surface area contributed by atoms with E-state index in [0.29, 0.717) is 5.56 Å². The maximum atomic E-state index is 12.6. The van der Waals surface area contributed by atoms with Crippen molar-refractivity contribution in [3.8, 4) is 0 Å². The minimum absolute atomic E-state index is 0.0464. The van der Waals surface area contributed by atoms with Gasteiger partial charge in [0.2, 0.25) is 10.0 Å². The SMILES string of the molecule is COC(=O)c1scc(C)c1S(=O)(=O)NC1CCNCC1C. The summed E-state index contributed by atoms with van der Waals surface area (Å²) in [6.45, 7) is 5.24. The summed E-state index contributed by atoms with van der Waals surface area (Å²) < 4.78 is 32.7. The molecule has 2 unspecified atom stereocenters. The maximum Gasteiger partial charge on any atom is 0.349 e. The van der Waals surface area contributed by atoms with E-state index in [-0.39, 0.29) is 21.7 Å². The molecule has 0 spiro atoms. The van der Waals surface area contributed by atoms with Crippen LogP contribution in [0.3, 0.4) is 0 Å². The van der Waals surface area contributed by atoms with Crippen LogP contribution in [-0.4, -0.2) is 40.6 Å². The molecule has 0 radical (unpaired) electrons. The molecule has 8 heteroatoms. The molecule has 1 aliphatic rings. The van der Waals surface area contributed by atoms with Crippen LogP contribution in [0, 0.1) is 12.8 Å². The van der Waals surface area contributed by atoms with Crippen molar-refractivity contribution in [2.24, 2.45) is 5.92 Å². The highest BCUT2D eigenvalue weighted by atomic mass is 32.2. The summed E-state index contributed by atoms with van der Waals surface area (Å²) in [5, 5.41) is 4.89. The highest BCUT2D eigenvalue weighted by Gasteiger charge is 2.32. The van der Waals surface area contributed by atoms with E-state index in [1.165, 1.54) is 7.11 Å². The lowest BCUT2D eigenvalue weighted by Gasteiger charge is -2.30. The van der Waals surface area contributed by atoms with E-state index in [2.05, 4.69) is 14.8 Å².